The number of halogens is 1. The molecule has 6 nitrogen and oxygen atoms in total. The minimum absolute atomic E-state index is 0.0690. The summed E-state index contributed by atoms with van der Waals surface area (Å²) in [5, 5.41) is 18.5. The number of carbonyl (C=O) groups is 1. The maximum Gasteiger partial charge on any atom is 0.229 e. The number of nitrogens with zero attached hydrogens (tertiary/aromatic N) is 2. The van der Waals surface area contributed by atoms with Crippen molar-refractivity contribution < 1.29 is 14.3 Å². The lowest BCUT2D eigenvalue weighted by Crippen LogP contribution is -2.45. The Balaban J connectivity index is 1.30. The smallest absolute Gasteiger partial charge is 0.229 e. The zero-order valence-electron chi connectivity index (χ0n) is 25.5. The van der Waals surface area contributed by atoms with E-state index >= 15 is 4.39 Å². The maximum absolute atomic E-state index is 15.1. The first kappa shape index (κ1) is 29.6. The van der Waals surface area contributed by atoms with Crippen LogP contribution in [0, 0.1) is 18.7 Å². The van der Waals surface area contributed by atoms with E-state index in [4.69, 9.17) is 0 Å². The molecule has 0 bridgehead atoms. The first-order chi connectivity index (χ1) is 20.9. The number of hydrogen-bond acceptors (Lipinski definition) is 5. The van der Waals surface area contributed by atoms with Crippen molar-refractivity contribution in [2.45, 2.75) is 83.5 Å². The van der Waals surface area contributed by atoms with Gasteiger partial charge in [0.15, 0.2) is 0 Å². The second kappa shape index (κ2) is 13.1. The molecule has 2 heterocycles. The van der Waals surface area contributed by atoms with Crippen molar-refractivity contribution in [2.24, 2.45) is 5.92 Å². The minimum atomic E-state index is -1.17. The third-order valence-electron chi connectivity index (χ3n) is 9.76. The predicted molar refractivity (Wildman–Crippen MR) is 172 cm³/mol. The lowest BCUT2D eigenvalue weighted by Gasteiger charge is -2.43. The Morgan fingerprint density at radius 2 is 1.70 bits per heavy atom. The van der Waals surface area contributed by atoms with Gasteiger partial charge < -0.3 is 20.6 Å². The van der Waals surface area contributed by atoms with Crippen LogP contribution in [0.2, 0.25) is 0 Å². The Hall–Kier alpha value is -3.42. The van der Waals surface area contributed by atoms with Gasteiger partial charge in [-0.05, 0) is 105 Å². The molecule has 3 aromatic rings. The number of aliphatic hydroxyl groups excluding tert-OH is 1. The van der Waals surface area contributed by atoms with Crippen LogP contribution in [0.4, 0.5) is 21.5 Å². The molecular weight excluding hydrogens is 539 g/mol. The van der Waals surface area contributed by atoms with Crippen molar-refractivity contribution >= 4 is 23.0 Å². The summed E-state index contributed by atoms with van der Waals surface area (Å²) in [5.74, 6) is -0.911. The van der Waals surface area contributed by atoms with Gasteiger partial charge in [-0.2, -0.15) is 0 Å². The van der Waals surface area contributed by atoms with Gasteiger partial charge in [-0.1, -0.05) is 37.3 Å². The Morgan fingerprint density at radius 1 is 0.953 bits per heavy atom. The van der Waals surface area contributed by atoms with Crippen LogP contribution in [0.5, 0.6) is 0 Å². The third-order valence-corrected chi connectivity index (χ3v) is 9.76. The molecule has 1 amide bonds. The van der Waals surface area contributed by atoms with E-state index in [1.807, 2.05) is 24.0 Å². The Kier molecular flexibility index (Phi) is 9.01. The molecule has 7 heteroatoms. The average Bonchev–Trinajstić information content (AvgIpc) is 3.54. The Labute approximate surface area is 255 Å². The van der Waals surface area contributed by atoms with Gasteiger partial charge in [-0.3, -0.25) is 9.69 Å². The first-order valence-electron chi connectivity index (χ1n) is 16.2. The van der Waals surface area contributed by atoms with Gasteiger partial charge in [0.05, 0.1) is 5.92 Å². The SMILES string of the molecule is CCc1ccc(NC(=O)[C@H]2CCCN(C(O)c3c(C)cccc3F)[C@H]2c2ccc(NC3CCC3)cc2)cc1N1CCCC1. The van der Waals surface area contributed by atoms with Crippen molar-refractivity contribution in [1.82, 2.24) is 4.90 Å². The zero-order valence-corrected chi connectivity index (χ0v) is 25.5. The van der Waals surface area contributed by atoms with E-state index in [2.05, 4.69) is 58.9 Å². The molecule has 2 saturated heterocycles. The minimum Gasteiger partial charge on any atom is -0.382 e. The summed E-state index contributed by atoms with van der Waals surface area (Å²) in [5.41, 5.74) is 6.29. The molecule has 3 aliphatic rings. The first-order valence-corrected chi connectivity index (χ1v) is 16.2. The lowest BCUT2D eigenvalue weighted by atomic mass is 9.83. The third kappa shape index (κ3) is 6.29. The van der Waals surface area contributed by atoms with Gasteiger partial charge in [-0.25, -0.2) is 4.39 Å². The van der Waals surface area contributed by atoms with E-state index in [1.165, 1.54) is 49.4 Å². The summed E-state index contributed by atoms with van der Waals surface area (Å²) in [6.45, 7) is 6.65. The van der Waals surface area contributed by atoms with Crippen molar-refractivity contribution in [3.05, 3.63) is 88.7 Å². The highest BCUT2D eigenvalue weighted by molar-refractivity contribution is 5.94. The molecule has 3 N–H and O–H groups in total. The van der Waals surface area contributed by atoms with Crippen LogP contribution in [0.25, 0.3) is 0 Å². The van der Waals surface area contributed by atoms with Gasteiger partial charge in [0.2, 0.25) is 5.91 Å². The molecule has 3 fully saturated rings. The number of likely N-dealkylation sites (tertiary alicyclic amines) is 1. The molecule has 228 valence electrons. The number of rotatable bonds is 9. The van der Waals surface area contributed by atoms with E-state index in [-0.39, 0.29) is 11.5 Å². The maximum atomic E-state index is 15.1. The fourth-order valence-corrected chi connectivity index (χ4v) is 7.12. The number of hydrogen-bond donors (Lipinski definition) is 3. The van der Waals surface area contributed by atoms with Crippen LogP contribution in [-0.4, -0.2) is 41.6 Å². The van der Waals surface area contributed by atoms with E-state index in [0.29, 0.717) is 24.6 Å². The number of nitrogens with one attached hydrogen (secondary N) is 2. The van der Waals surface area contributed by atoms with E-state index in [9.17, 15) is 9.90 Å². The number of aryl methyl sites for hydroxylation is 2. The van der Waals surface area contributed by atoms with Gasteiger partial charge in [0.25, 0.3) is 0 Å². The van der Waals surface area contributed by atoms with Gasteiger partial charge >= 0.3 is 0 Å². The number of amides is 1. The van der Waals surface area contributed by atoms with Crippen LogP contribution in [0.3, 0.4) is 0 Å². The van der Waals surface area contributed by atoms with Crippen LogP contribution >= 0.6 is 0 Å². The molecule has 6 rings (SSSR count). The topological polar surface area (TPSA) is 67.8 Å². The summed E-state index contributed by atoms with van der Waals surface area (Å²) in [6, 6.07) is 19.5. The fourth-order valence-electron chi connectivity index (χ4n) is 7.12. The number of benzene rings is 3. The normalized spacial score (nSPS) is 21.8. The molecule has 3 atom stereocenters. The fraction of sp³-hybridized carbons (Fsp3) is 0.472. The van der Waals surface area contributed by atoms with E-state index in [1.54, 1.807) is 6.07 Å². The molecular formula is C36H45FN4O2. The van der Waals surface area contributed by atoms with Crippen molar-refractivity contribution in [3.63, 3.8) is 0 Å². The molecule has 43 heavy (non-hydrogen) atoms. The quantitative estimate of drug-likeness (QED) is 0.246. The van der Waals surface area contributed by atoms with Crippen molar-refractivity contribution in [2.75, 3.05) is 35.2 Å². The highest BCUT2D eigenvalue weighted by atomic mass is 19.1. The van der Waals surface area contributed by atoms with Crippen LogP contribution in [0.15, 0.2) is 60.7 Å². The summed E-state index contributed by atoms with van der Waals surface area (Å²) >= 11 is 0. The number of aliphatic hydroxyl groups is 1. The summed E-state index contributed by atoms with van der Waals surface area (Å²) in [6.07, 6.45) is 7.21. The number of carbonyl (C=O) groups excluding carboxylic acids is 1. The van der Waals surface area contributed by atoms with E-state index < -0.39 is 24.0 Å². The molecule has 0 aromatic heterocycles. The van der Waals surface area contributed by atoms with Gasteiger partial charge in [0.1, 0.15) is 12.0 Å². The summed E-state index contributed by atoms with van der Waals surface area (Å²) in [7, 11) is 0. The molecule has 1 saturated carbocycles. The van der Waals surface area contributed by atoms with Gasteiger partial charge in [0, 0.05) is 54.3 Å². The monoisotopic (exact) mass is 584 g/mol. The largest absolute Gasteiger partial charge is 0.382 e. The predicted octanol–water partition coefficient (Wildman–Crippen LogP) is 7.34. The average molecular weight is 585 g/mol. The Bertz CT molecular complexity index is 1400. The van der Waals surface area contributed by atoms with Gasteiger partial charge in [-0.15, -0.1) is 0 Å². The second-order valence-corrected chi connectivity index (χ2v) is 12.6. The van der Waals surface area contributed by atoms with Crippen LogP contribution in [-0.2, 0) is 11.2 Å². The lowest BCUT2D eigenvalue weighted by molar-refractivity contribution is -0.128. The highest BCUT2D eigenvalue weighted by Gasteiger charge is 2.41. The number of anilines is 3. The summed E-state index contributed by atoms with van der Waals surface area (Å²) in [4.78, 5) is 18.5. The Morgan fingerprint density at radius 3 is 2.37 bits per heavy atom. The van der Waals surface area contributed by atoms with E-state index in [0.717, 1.165) is 42.9 Å². The molecule has 1 aliphatic carbocycles. The molecule has 0 radical (unpaired) electrons. The molecule has 2 aliphatic heterocycles. The van der Waals surface area contributed by atoms with Crippen molar-refractivity contribution in [1.29, 1.82) is 0 Å². The molecule has 3 aromatic carbocycles. The standard InChI is InChI=1S/C36H45FN4O2/c1-3-25-14-19-29(23-32(25)40-20-4-5-21-40)39-35(42)30-12-8-22-41(36(43)33-24(2)9-6-13-31(33)37)34(30)26-15-17-28(18-16-26)38-27-10-7-11-27/h6,9,13-19,23,27,30,34,36,38,43H,3-5,7-8,10-12,20-22H2,1-2H3,(H,39,42)/t30-,34-,36?/m0/s1. The summed E-state index contributed by atoms with van der Waals surface area (Å²) < 4.78 is 15.1. The zero-order chi connectivity index (χ0) is 29.9. The molecule has 1 unspecified atom stereocenters. The van der Waals surface area contributed by atoms with Crippen LogP contribution in [0.1, 0.15) is 86.4 Å². The van der Waals surface area contributed by atoms with Crippen LogP contribution < -0.4 is 15.5 Å². The van der Waals surface area contributed by atoms with Crippen molar-refractivity contribution in [3.8, 4) is 0 Å². The highest BCUT2D eigenvalue weighted by Crippen LogP contribution is 2.42. The molecule has 0 spiro atoms. The number of piperidine rings is 1. The second-order valence-electron chi connectivity index (χ2n) is 12.6.